The van der Waals surface area contributed by atoms with Gasteiger partial charge in [0, 0.05) is 23.0 Å². The van der Waals surface area contributed by atoms with Gasteiger partial charge in [0.25, 0.3) is 0 Å². The van der Waals surface area contributed by atoms with Gasteiger partial charge in [-0.05, 0) is 18.2 Å². The molecule has 0 bridgehead atoms. The molecule has 6 nitrogen and oxygen atoms in total. The third-order valence-electron chi connectivity index (χ3n) is 2.66. The van der Waals surface area contributed by atoms with E-state index in [0.717, 1.165) is 10.6 Å². The van der Waals surface area contributed by atoms with Gasteiger partial charge in [0.15, 0.2) is 5.82 Å². The number of hydrogen-bond donors (Lipinski definition) is 1. The van der Waals surface area contributed by atoms with Gasteiger partial charge in [-0.15, -0.1) is 11.3 Å². The lowest BCUT2D eigenvalue weighted by Gasteiger charge is -2.09. The maximum absolute atomic E-state index is 8.81. The maximum Gasteiger partial charge on any atom is 0.178 e. The Morgan fingerprint density at radius 1 is 1.45 bits per heavy atom. The minimum atomic E-state index is 0.639. The van der Waals surface area contributed by atoms with E-state index in [2.05, 4.69) is 26.5 Å². The van der Waals surface area contributed by atoms with Crippen LogP contribution in [0.15, 0.2) is 42.4 Å². The zero-order valence-electron chi connectivity index (χ0n) is 10.4. The molecule has 1 N–H and O–H groups in total. The molecule has 3 rings (SSSR count). The van der Waals surface area contributed by atoms with Gasteiger partial charge in [0.1, 0.15) is 18.7 Å². The summed E-state index contributed by atoms with van der Waals surface area (Å²) in [6.07, 6.45) is 4.78. The van der Waals surface area contributed by atoms with Crippen molar-refractivity contribution in [1.29, 1.82) is 5.26 Å². The molecule has 0 unspecified atom stereocenters. The first-order valence-electron chi connectivity index (χ1n) is 5.88. The van der Waals surface area contributed by atoms with Crippen molar-refractivity contribution < 1.29 is 0 Å². The molecule has 0 fully saturated rings. The molecule has 0 saturated heterocycles. The van der Waals surface area contributed by atoms with Gasteiger partial charge in [-0.25, -0.2) is 14.6 Å². The molecule has 0 saturated carbocycles. The summed E-state index contributed by atoms with van der Waals surface area (Å²) in [6, 6.07) is 7.80. The van der Waals surface area contributed by atoms with E-state index in [4.69, 9.17) is 5.26 Å². The number of anilines is 1. The first kappa shape index (κ1) is 12.3. The van der Waals surface area contributed by atoms with Crippen molar-refractivity contribution in [1.82, 2.24) is 19.7 Å². The lowest BCUT2D eigenvalue weighted by molar-refractivity contribution is 0.845. The van der Waals surface area contributed by atoms with Crippen LogP contribution in [0.25, 0.3) is 5.82 Å². The van der Waals surface area contributed by atoms with E-state index >= 15 is 0 Å². The molecule has 0 aliphatic carbocycles. The van der Waals surface area contributed by atoms with E-state index in [1.165, 1.54) is 6.33 Å². The average Bonchev–Trinajstić information content (AvgIpc) is 3.17. The van der Waals surface area contributed by atoms with Gasteiger partial charge in [-0.3, -0.25) is 0 Å². The molecule has 0 radical (unpaired) electrons. The number of thiophene rings is 1. The van der Waals surface area contributed by atoms with E-state index < -0.39 is 0 Å². The third-order valence-corrected chi connectivity index (χ3v) is 3.60. The van der Waals surface area contributed by atoms with Gasteiger partial charge in [0.05, 0.1) is 11.3 Å². The van der Waals surface area contributed by atoms with Gasteiger partial charge in [0.2, 0.25) is 0 Å². The molecule has 0 aromatic carbocycles. The van der Waals surface area contributed by atoms with Crippen LogP contribution in [-0.2, 0) is 6.54 Å². The van der Waals surface area contributed by atoms with E-state index in [9.17, 15) is 0 Å². The molecule has 0 atom stereocenters. The fourth-order valence-electron chi connectivity index (χ4n) is 1.75. The Labute approximate surface area is 119 Å². The molecule has 0 amide bonds. The Hall–Kier alpha value is -2.72. The van der Waals surface area contributed by atoms with Gasteiger partial charge < -0.3 is 5.32 Å². The molecule has 3 aromatic heterocycles. The Bertz CT molecular complexity index is 740. The Kier molecular flexibility index (Phi) is 3.39. The predicted octanol–water partition coefficient (Wildman–Crippen LogP) is 2.21. The first-order chi connectivity index (χ1) is 9.86. The van der Waals surface area contributed by atoms with Crippen LogP contribution in [0, 0.1) is 11.3 Å². The van der Waals surface area contributed by atoms with Crippen LogP contribution in [0.3, 0.4) is 0 Å². The average molecular weight is 282 g/mol. The number of nitrogens with one attached hydrogen (secondary N) is 1. The zero-order chi connectivity index (χ0) is 13.8. The summed E-state index contributed by atoms with van der Waals surface area (Å²) in [5, 5.41) is 18.0. The summed E-state index contributed by atoms with van der Waals surface area (Å²) in [7, 11) is 0. The van der Waals surface area contributed by atoms with E-state index in [1.807, 2.05) is 23.6 Å². The fourth-order valence-corrected chi connectivity index (χ4v) is 2.50. The van der Waals surface area contributed by atoms with Crippen molar-refractivity contribution in [2.24, 2.45) is 0 Å². The minimum Gasteiger partial charge on any atom is -0.377 e. The minimum absolute atomic E-state index is 0.639. The zero-order valence-corrected chi connectivity index (χ0v) is 11.2. The largest absolute Gasteiger partial charge is 0.377 e. The van der Waals surface area contributed by atoms with Crippen LogP contribution >= 0.6 is 11.3 Å². The summed E-state index contributed by atoms with van der Waals surface area (Å²) in [6.45, 7) is 0.639. The van der Waals surface area contributed by atoms with Crippen molar-refractivity contribution in [3.63, 3.8) is 0 Å². The second kappa shape index (κ2) is 5.50. The highest BCUT2D eigenvalue weighted by molar-refractivity contribution is 7.10. The van der Waals surface area contributed by atoms with Gasteiger partial charge in [-0.2, -0.15) is 10.4 Å². The highest BCUT2D eigenvalue weighted by Gasteiger charge is 2.06. The second-order valence-electron chi connectivity index (χ2n) is 3.98. The SMILES string of the molecule is N#Cc1csc(CNc2cccnc2-n2cncn2)c1. The van der Waals surface area contributed by atoms with Crippen molar-refractivity contribution in [2.75, 3.05) is 5.32 Å². The van der Waals surface area contributed by atoms with Crippen molar-refractivity contribution in [3.8, 4) is 11.9 Å². The number of rotatable bonds is 4. The first-order valence-corrected chi connectivity index (χ1v) is 6.76. The lowest BCUT2D eigenvalue weighted by atomic mass is 10.3. The second-order valence-corrected chi connectivity index (χ2v) is 4.98. The number of aromatic nitrogens is 4. The van der Waals surface area contributed by atoms with E-state index in [1.54, 1.807) is 28.5 Å². The highest BCUT2D eigenvalue weighted by Crippen LogP contribution is 2.19. The van der Waals surface area contributed by atoms with Crippen molar-refractivity contribution in [2.45, 2.75) is 6.54 Å². The van der Waals surface area contributed by atoms with Gasteiger partial charge >= 0.3 is 0 Å². The molecule has 7 heteroatoms. The lowest BCUT2D eigenvalue weighted by Crippen LogP contribution is -2.05. The smallest absolute Gasteiger partial charge is 0.178 e. The Balaban J connectivity index is 1.80. The summed E-state index contributed by atoms with van der Waals surface area (Å²) in [5.74, 6) is 0.696. The van der Waals surface area contributed by atoms with Crippen LogP contribution in [-0.4, -0.2) is 19.7 Å². The summed E-state index contributed by atoms with van der Waals surface area (Å²) in [4.78, 5) is 9.32. The maximum atomic E-state index is 8.81. The standard InChI is InChI=1S/C13H10N6S/c14-5-10-4-11(20-7-10)6-17-12-2-1-3-16-13(12)19-9-15-8-18-19/h1-4,7-9,17H,6H2. The van der Waals surface area contributed by atoms with Crippen LogP contribution in [0.1, 0.15) is 10.4 Å². The Morgan fingerprint density at radius 2 is 2.40 bits per heavy atom. The quantitative estimate of drug-likeness (QED) is 0.793. The molecule has 3 heterocycles. The topological polar surface area (TPSA) is 79.4 Å². The van der Waals surface area contributed by atoms with E-state index in [-0.39, 0.29) is 0 Å². The van der Waals surface area contributed by atoms with Crippen molar-refractivity contribution >= 4 is 17.0 Å². The van der Waals surface area contributed by atoms with E-state index in [0.29, 0.717) is 17.9 Å². The fraction of sp³-hybridized carbons (Fsp3) is 0.0769. The van der Waals surface area contributed by atoms with Crippen LogP contribution in [0.4, 0.5) is 5.69 Å². The van der Waals surface area contributed by atoms with Crippen molar-refractivity contribution in [3.05, 3.63) is 52.9 Å². The molecule has 20 heavy (non-hydrogen) atoms. The van der Waals surface area contributed by atoms with Crippen LogP contribution in [0.5, 0.6) is 0 Å². The summed E-state index contributed by atoms with van der Waals surface area (Å²) in [5.41, 5.74) is 1.55. The van der Waals surface area contributed by atoms with Gasteiger partial charge in [-0.1, -0.05) is 0 Å². The number of nitrogens with zero attached hydrogens (tertiary/aromatic N) is 5. The number of nitriles is 1. The number of pyridine rings is 1. The Morgan fingerprint density at radius 3 is 3.15 bits per heavy atom. The normalized spacial score (nSPS) is 10.2. The predicted molar refractivity (Wildman–Crippen MR) is 75.5 cm³/mol. The highest BCUT2D eigenvalue weighted by atomic mass is 32.1. The molecule has 0 aliphatic heterocycles. The monoisotopic (exact) mass is 282 g/mol. The van der Waals surface area contributed by atoms with Crippen LogP contribution in [0.2, 0.25) is 0 Å². The molecule has 3 aromatic rings. The molecule has 0 spiro atoms. The summed E-state index contributed by atoms with van der Waals surface area (Å²) < 4.78 is 1.61. The molecular weight excluding hydrogens is 272 g/mol. The summed E-state index contributed by atoms with van der Waals surface area (Å²) >= 11 is 1.56. The molecule has 98 valence electrons. The molecular formula is C13H10N6S. The molecule has 0 aliphatic rings. The third kappa shape index (κ3) is 2.50. The number of hydrogen-bond acceptors (Lipinski definition) is 6. The van der Waals surface area contributed by atoms with Crippen LogP contribution < -0.4 is 5.32 Å².